The minimum absolute atomic E-state index is 0.169. The van der Waals surface area contributed by atoms with E-state index < -0.39 is 5.91 Å². The highest BCUT2D eigenvalue weighted by Crippen LogP contribution is 2.19. The van der Waals surface area contributed by atoms with Crippen LogP contribution in [0.1, 0.15) is 43.0 Å². The molecule has 0 saturated carbocycles. The number of ether oxygens (including phenoxy) is 1. The molecule has 96 valence electrons. The molecule has 1 aromatic heterocycles. The molecule has 0 fully saturated rings. The third-order valence-corrected chi connectivity index (χ3v) is 2.92. The van der Waals surface area contributed by atoms with E-state index in [0.29, 0.717) is 18.9 Å². The van der Waals surface area contributed by atoms with Gasteiger partial charge in [-0.3, -0.25) is 4.79 Å². The van der Waals surface area contributed by atoms with Gasteiger partial charge in [-0.05, 0) is 12.8 Å². The van der Waals surface area contributed by atoms with Gasteiger partial charge < -0.3 is 10.5 Å². The molecule has 1 amide bonds. The molecule has 0 saturated heterocycles. The van der Waals surface area contributed by atoms with Crippen molar-refractivity contribution in [2.45, 2.75) is 33.2 Å². The smallest absolute Gasteiger partial charge is 0.271 e. The lowest BCUT2D eigenvalue weighted by Crippen LogP contribution is -2.20. The minimum Gasteiger partial charge on any atom is -0.384 e. The molecule has 0 aliphatic heterocycles. The molecular weight excluding hydrogens is 220 g/mol. The number of hydrogen-bond acceptors (Lipinski definition) is 4. The van der Waals surface area contributed by atoms with Crippen LogP contribution in [0.15, 0.2) is 0 Å². The van der Waals surface area contributed by atoms with Crippen molar-refractivity contribution in [3.05, 3.63) is 11.4 Å². The predicted molar refractivity (Wildman–Crippen MR) is 63.7 cm³/mol. The molecular formula is C11H20N4O2. The van der Waals surface area contributed by atoms with Crippen LogP contribution in [-0.4, -0.2) is 34.6 Å². The summed E-state index contributed by atoms with van der Waals surface area (Å²) in [6, 6.07) is 0.169. The van der Waals surface area contributed by atoms with Crippen molar-refractivity contribution in [1.82, 2.24) is 15.0 Å². The quantitative estimate of drug-likeness (QED) is 0.796. The molecule has 17 heavy (non-hydrogen) atoms. The zero-order valence-corrected chi connectivity index (χ0v) is 10.8. The fraction of sp³-hybridized carbons (Fsp3) is 0.727. The number of aromatic nitrogens is 3. The Balaban J connectivity index is 3.08. The van der Waals surface area contributed by atoms with Crippen molar-refractivity contribution >= 4 is 5.91 Å². The summed E-state index contributed by atoms with van der Waals surface area (Å²) in [6.45, 7) is 6.74. The number of methoxy groups -OCH3 is 1. The molecule has 1 unspecified atom stereocenters. The Labute approximate surface area is 101 Å². The molecule has 0 bridgehead atoms. The van der Waals surface area contributed by atoms with Gasteiger partial charge in [-0.2, -0.15) is 0 Å². The number of carbonyl (C=O) groups excluding carboxylic acids is 1. The molecule has 0 spiro atoms. The van der Waals surface area contributed by atoms with E-state index >= 15 is 0 Å². The van der Waals surface area contributed by atoms with Crippen LogP contribution in [0.2, 0.25) is 0 Å². The van der Waals surface area contributed by atoms with Gasteiger partial charge >= 0.3 is 0 Å². The second kappa shape index (κ2) is 5.77. The Morgan fingerprint density at radius 1 is 1.47 bits per heavy atom. The SMILES string of the molecule is COCCc1c(C(N)=O)nnn1C(C)C(C)C. The number of nitrogens with zero attached hydrogens (tertiary/aromatic N) is 3. The van der Waals surface area contributed by atoms with E-state index in [1.807, 2.05) is 6.92 Å². The van der Waals surface area contributed by atoms with Crippen molar-refractivity contribution in [3.63, 3.8) is 0 Å². The topological polar surface area (TPSA) is 83.0 Å². The van der Waals surface area contributed by atoms with Crippen LogP contribution >= 0.6 is 0 Å². The number of primary amides is 1. The van der Waals surface area contributed by atoms with Crippen LogP contribution in [0.4, 0.5) is 0 Å². The molecule has 0 radical (unpaired) electrons. The average molecular weight is 240 g/mol. The maximum absolute atomic E-state index is 11.3. The fourth-order valence-corrected chi connectivity index (χ4v) is 1.55. The van der Waals surface area contributed by atoms with Crippen LogP contribution in [0.5, 0.6) is 0 Å². The van der Waals surface area contributed by atoms with Crippen molar-refractivity contribution in [2.24, 2.45) is 11.7 Å². The molecule has 0 aliphatic carbocycles. The first kappa shape index (κ1) is 13.6. The van der Waals surface area contributed by atoms with Gasteiger partial charge in [-0.1, -0.05) is 19.1 Å². The first-order chi connectivity index (χ1) is 7.99. The highest BCUT2D eigenvalue weighted by Gasteiger charge is 2.21. The molecule has 1 rings (SSSR count). The average Bonchev–Trinajstić information content (AvgIpc) is 2.68. The number of carbonyl (C=O) groups is 1. The highest BCUT2D eigenvalue weighted by atomic mass is 16.5. The van der Waals surface area contributed by atoms with Crippen molar-refractivity contribution in [3.8, 4) is 0 Å². The highest BCUT2D eigenvalue weighted by molar-refractivity contribution is 5.91. The van der Waals surface area contributed by atoms with Crippen molar-refractivity contribution < 1.29 is 9.53 Å². The summed E-state index contributed by atoms with van der Waals surface area (Å²) >= 11 is 0. The van der Waals surface area contributed by atoms with Gasteiger partial charge in [0, 0.05) is 13.5 Å². The lowest BCUT2D eigenvalue weighted by molar-refractivity contribution is 0.0994. The predicted octanol–water partition coefficient (Wildman–Crippen LogP) is 0.783. The van der Waals surface area contributed by atoms with E-state index in [4.69, 9.17) is 10.5 Å². The molecule has 0 aromatic carbocycles. The second-order valence-corrected chi connectivity index (χ2v) is 4.42. The minimum atomic E-state index is -0.543. The maximum atomic E-state index is 11.3. The Morgan fingerprint density at radius 3 is 2.59 bits per heavy atom. The third-order valence-electron chi connectivity index (χ3n) is 2.92. The molecule has 0 aliphatic rings. The summed E-state index contributed by atoms with van der Waals surface area (Å²) in [7, 11) is 1.62. The van der Waals surface area contributed by atoms with E-state index in [1.54, 1.807) is 11.8 Å². The normalized spacial score (nSPS) is 13.0. The van der Waals surface area contributed by atoms with Crippen LogP contribution in [0.3, 0.4) is 0 Å². The maximum Gasteiger partial charge on any atom is 0.271 e. The van der Waals surface area contributed by atoms with E-state index in [0.717, 1.165) is 5.69 Å². The Hall–Kier alpha value is -1.43. The molecule has 6 nitrogen and oxygen atoms in total. The first-order valence-electron chi connectivity index (χ1n) is 5.71. The second-order valence-electron chi connectivity index (χ2n) is 4.42. The van der Waals surface area contributed by atoms with Crippen molar-refractivity contribution in [2.75, 3.05) is 13.7 Å². The molecule has 1 aromatic rings. The monoisotopic (exact) mass is 240 g/mol. The van der Waals surface area contributed by atoms with Gasteiger partial charge in [0.15, 0.2) is 5.69 Å². The molecule has 1 heterocycles. The fourth-order valence-electron chi connectivity index (χ4n) is 1.55. The number of hydrogen-bond donors (Lipinski definition) is 1. The molecule has 2 N–H and O–H groups in total. The van der Waals surface area contributed by atoms with Gasteiger partial charge in [0.25, 0.3) is 5.91 Å². The van der Waals surface area contributed by atoms with Crippen LogP contribution in [0, 0.1) is 5.92 Å². The number of amides is 1. The summed E-state index contributed by atoms with van der Waals surface area (Å²) in [5.74, 6) is -0.142. The van der Waals surface area contributed by atoms with Gasteiger partial charge in [0.05, 0.1) is 18.3 Å². The summed E-state index contributed by atoms with van der Waals surface area (Å²) < 4.78 is 6.79. The largest absolute Gasteiger partial charge is 0.384 e. The zero-order valence-electron chi connectivity index (χ0n) is 10.8. The van der Waals surface area contributed by atoms with Crippen LogP contribution < -0.4 is 5.73 Å². The van der Waals surface area contributed by atoms with Crippen molar-refractivity contribution in [1.29, 1.82) is 0 Å². The Morgan fingerprint density at radius 2 is 2.12 bits per heavy atom. The van der Waals surface area contributed by atoms with Crippen LogP contribution in [-0.2, 0) is 11.2 Å². The van der Waals surface area contributed by atoms with E-state index in [-0.39, 0.29) is 11.7 Å². The lowest BCUT2D eigenvalue weighted by Gasteiger charge is -2.18. The molecule has 1 atom stereocenters. The Kier molecular flexibility index (Phi) is 4.62. The summed E-state index contributed by atoms with van der Waals surface area (Å²) in [4.78, 5) is 11.3. The summed E-state index contributed by atoms with van der Waals surface area (Å²) in [6.07, 6.45) is 0.582. The standard InChI is InChI=1S/C11H20N4O2/c1-7(2)8(3)15-9(5-6-17-4)10(11(12)16)13-14-15/h7-8H,5-6H2,1-4H3,(H2,12,16). The first-order valence-corrected chi connectivity index (χ1v) is 5.71. The van der Waals surface area contributed by atoms with E-state index in [2.05, 4.69) is 24.2 Å². The van der Waals surface area contributed by atoms with Gasteiger partial charge in [0.1, 0.15) is 0 Å². The molecule has 6 heteroatoms. The van der Waals surface area contributed by atoms with Crippen LogP contribution in [0.25, 0.3) is 0 Å². The number of rotatable bonds is 6. The van der Waals surface area contributed by atoms with Gasteiger partial charge in [-0.25, -0.2) is 4.68 Å². The summed E-state index contributed by atoms with van der Waals surface area (Å²) in [5.41, 5.74) is 6.28. The third kappa shape index (κ3) is 3.03. The Bertz CT molecular complexity index is 387. The van der Waals surface area contributed by atoms with Gasteiger partial charge in [0.2, 0.25) is 0 Å². The lowest BCUT2D eigenvalue weighted by atomic mass is 10.1. The summed E-state index contributed by atoms with van der Waals surface area (Å²) in [5, 5.41) is 7.88. The van der Waals surface area contributed by atoms with E-state index in [1.165, 1.54) is 0 Å². The van der Waals surface area contributed by atoms with Gasteiger partial charge in [-0.15, -0.1) is 5.10 Å². The zero-order chi connectivity index (χ0) is 13.0. The van der Waals surface area contributed by atoms with E-state index in [9.17, 15) is 4.79 Å². The number of nitrogens with two attached hydrogens (primary N) is 1.